The van der Waals surface area contributed by atoms with E-state index in [-0.39, 0.29) is 0 Å². The van der Waals surface area contributed by atoms with Crippen LogP contribution in [0.5, 0.6) is 0 Å². The summed E-state index contributed by atoms with van der Waals surface area (Å²) in [6.45, 7) is 0. The molecule has 8 heteroatoms. The molecule has 0 aliphatic heterocycles. The Balaban J connectivity index is 1.47. The van der Waals surface area contributed by atoms with Gasteiger partial charge in [0.1, 0.15) is 5.01 Å². The molecule has 0 aliphatic carbocycles. The lowest BCUT2D eigenvalue weighted by molar-refractivity contribution is 0.972. The van der Waals surface area contributed by atoms with Gasteiger partial charge in [0.05, 0.1) is 9.48 Å². The summed E-state index contributed by atoms with van der Waals surface area (Å²) in [6, 6.07) is 14.0. The first kappa shape index (κ1) is 16.4. The molecule has 4 aromatic rings. The van der Waals surface area contributed by atoms with Crippen molar-refractivity contribution in [3.8, 4) is 22.0 Å². The molecule has 0 spiro atoms. The number of rotatable bonds is 5. The van der Waals surface area contributed by atoms with Crippen molar-refractivity contribution in [2.24, 2.45) is 0 Å². The van der Waals surface area contributed by atoms with Gasteiger partial charge in [0.15, 0.2) is 5.82 Å². The molecule has 0 saturated heterocycles. The van der Waals surface area contributed by atoms with Crippen LogP contribution in [0.15, 0.2) is 63.8 Å². The average molecular weight is 430 g/mol. The lowest BCUT2D eigenvalue weighted by Gasteiger charge is -1.95. The molecule has 0 atom stereocenters. The number of pyridine rings is 1. The first-order chi connectivity index (χ1) is 12.3. The second kappa shape index (κ2) is 7.47. The topological polar surface area (TPSA) is 67.3 Å². The fourth-order valence-electron chi connectivity index (χ4n) is 2.21. The van der Waals surface area contributed by atoms with E-state index in [9.17, 15) is 0 Å². The third-order valence-electron chi connectivity index (χ3n) is 3.43. The number of thiazole rings is 1. The number of H-pyrrole nitrogens is 1. The monoisotopic (exact) mass is 429 g/mol. The van der Waals surface area contributed by atoms with E-state index >= 15 is 0 Å². The van der Waals surface area contributed by atoms with Gasteiger partial charge in [-0.2, -0.15) is 0 Å². The number of hydrogen-bond donors (Lipinski definition) is 1. The molecular weight excluding hydrogens is 418 g/mol. The summed E-state index contributed by atoms with van der Waals surface area (Å²) >= 11 is 6.82. The highest BCUT2D eigenvalue weighted by atomic mass is 79.9. The second-order valence-corrected chi connectivity index (χ2v) is 8.36. The zero-order chi connectivity index (χ0) is 17.1. The molecule has 1 aromatic carbocycles. The number of aromatic amines is 1. The predicted molar refractivity (Wildman–Crippen MR) is 104 cm³/mol. The molecule has 0 aliphatic rings. The number of nitrogens with one attached hydrogen (secondary N) is 1. The molecule has 5 nitrogen and oxygen atoms in total. The van der Waals surface area contributed by atoms with E-state index in [0.717, 1.165) is 31.4 Å². The Morgan fingerprint density at radius 1 is 1.00 bits per heavy atom. The van der Waals surface area contributed by atoms with E-state index in [1.54, 1.807) is 35.5 Å². The van der Waals surface area contributed by atoms with Gasteiger partial charge >= 0.3 is 0 Å². The molecule has 25 heavy (non-hydrogen) atoms. The number of hydrogen-bond acceptors (Lipinski definition) is 6. The Kier molecular flexibility index (Phi) is 4.91. The van der Waals surface area contributed by atoms with Gasteiger partial charge in [0.25, 0.3) is 0 Å². The quantitative estimate of drug-likeness (QED) is 0.449. The first-order valence-electron chi connectivity index (χ1n) is 7.46. The smallest absolute Gasteiger partial charge is 0.209 e. The lowest BCUT2D eigenvalue weighted by atomic mass is 10.2. The number of halogens is 1. The SMILES string of the molecule is Brc1sc(-c2ccccc2)nc1CSc1n[nH]c(-c2ccncc2)n1. The Hall–Kier alpha value is -2.03. The fourth-order valence-corrected chi connectivity index (χ4v) is 4.73. The molecule has 0 amide bonds. The molecular formula is C17H12BrN5S2. The third kappa shape index (κ3) is 3.81. The molecule has 3 heterocycles. The third-order valence-corrected chi connectivity index (χ3v) is 6.16. The van der Waals surface area contributed by atoms with Crippen LogP contribution >= 0.6 is 39.0 Å². The van der Waals surface area contributed by atoms with Crippen molar-refractivity contribution < 1.29 is 0 Å². The van der Waals surface area contributed by atoms with Gasteiger partial charge in [-0.3, -0.25) is 10.1 Å². The number of nitrogens with zero attached hydrogens (tertiary/aromatic N) is 4. The molecule has 3 aromatic heterocycles. The largest absolute Gasteiger partial charge is 0.265 e. The molecule has 0 saturated carbocycles. The highest BCUT2D eigenvalue weighted by molar-refractivity contribution is 9.11. The summed E-state index contributed by atoms with van der Waals surface area (Å²) in [4.78, 5) is 13.3. The van der Waals surface area contributed by atoms with Crippen LogP contribution in [0.2, 0.25) is 0 Å². The van der Waals surface area contributed by atoms with Crippen molar-refractivity contribution in [3.05, 3.63) is 64.3 Å². The van der Waals surface area contributed by atoms with Gasteiger partial charge in [-0.25, -0.2) is 9.97 Å². The Morgan fingerprint density at radius 3 is 2.60 bits per heavy atom. The van der Waals surface area contributed by atoms with Crippen LogP contribution in [0.3, 0.4) is 0 Å². The minimum absolute atomic E-state index is 0.702. The molecule has 4 rings (SSSR count). The summed E-state index contributed by atoms with van der Waals surface area (Å²) in [7, 11) is 0. The maximum atomic E-state index is 4.74. The highest BCUT2D eigenvalue weighted by Crippen LogP contribution is 2.34. The van der Waals surface area contributed by atoms with Gasteiger partial charge in [0.2, 0.25) is 5.16 Å². The van der Waals surface area contributed by atoms with Crippen LogP contribution in [0.25, 0.3) is 22.0 Å². The molecule has 124 valence electrons. The Morgan fingerprint density at radius 2 is 1.80 bits per heavy atom. The van der Waals surface area contributed by atoms with Gasteiger partial charge in [0, 0.05) is 29.3 Å². The summed E-state index contributed by atoms with van der Waals surface area (Å²) < 4.78 is 1.05. The van der Waals surface area contributed by atoms with Crippen LogP contribution in [-0.4, -0.2) is 25.1 Å². The summed E-state index contributed by atoms with van der Waals surface area (Å²) in [5, 5.41) is 8.95. The summed E-state index contributed by atoms with van der Waals surface area (Å²) in [5.74, 6) is 1.45. The van der Waals surface area contributed by atoms with E-state index < -0.39 is 0 Å². The first-order valence-corrected chi connectivity index (χ1v) is 10.1. The van der Waals surface area contributed by atoms with E-state index in [1.165, 1.54) is 0 Å². The zero-order valence-corrected chi connectivity index (χ0v) is 16.1. The second-order valence-electron chi connectivity index (χ2n) is 5.10. The minimum Gasteiger partial charge on any atom is -0.265 e. The van der Waals surface area contributed by atoms with Crippen LogP contribution < -0.4 is 0 Å². The average Bonchev–Trinajstić information content (AvgIpc) is 3.28. The van der Waals surface area contributed by atoms with Crippen LogP contribution in [0.4, 0.5) is 0 Å². The van der Waals surface area contributed by atoms with Gasteiger partial charge in [-0.15, -0.1) is 16.4 Å². The standard InChI is InChI=1S/C17H12BrN5S2/c18-14-13(20-16(25-14)12-4-2-1-3-5-12)10-24-17-21-15(22-23-17)11-6-8-19-9-7-11/h1-9H,10H2,(H,21,22,23). The normalized spacial score (nSPS) is 10.9. The zero-order valence-electron chi connectivity index (χ0n) is 12.9. The van der Waals surface area contributed by atoms with E-state index in [0.29, 0.717) is 10.9 Å². The molecule has 0 bridgehead atoms. The van der Waals surface area contributed by atoms with Crippen molar-refractivity contribution in [1.82, 2.24) is 25.1 Å². The number of aromatic nitrogens is 5. The molecule has 0 fully saturated rings. The molecule has 1 N–H and O–H groups in total. The molecule has 0 unspecified atom stereocenters. The Labute approximate surface area is 161 Å². The van der Waals surface area contributed by atoms with Crippen molar-refractivity contribution in [2.45, 2.75) is 10.9 Å². The van der Waals surface area contributed by atoms with Crippen molar-refractivity contribution >= 4 is 39.0 Å². The van der Waals surface area contributed by atoms with E-state index in [4.69, 9.17) is 4.98 Å². The summed E-state index contributed by atoms with van der Waals surface area (Å²) in [6.07, 6.45) is 3.48. The minimum atomic E-state index is 0.702. The number of thioether (sulfide) groups is 1. The van der Waals surface area contributed by atoms with E-state index in [1.807, 2.05) is 30.3 Å². The fraction of sp³-hybridized carbons (Fsp3) is 0.0588. The predicted octanol–water partition coefficient (Wildman–Crippen LogP) is 5.05. The van der Waals surface area contributed by atoms with Gasteiger partial charge in [-0.1, -0.05) is 42.1 Å². The van der Waals surface area contributed by atoms with Crippen LogP contribution in [0, 0.1) is 0 Å². The van der Waals surface area contributed by atoms with Crippen molar-refractivity contribution in [2.75, 3.05) is 0 Å². The van der Waals surface area contributed by atoms with Gasteiger partial charge in [-0.05, 0) is 28.1 Å². The van der Waals surface area contributed by atoms with Gasteiger partial charge < -0.3 is 0 Å². The Bertz CT molecular complexity index is 969. The summed E-state index contributed by atoms with van der Waals surface area (Å²) in [5.41, 5.74) is 3.10. The van der Waals surface area contributed by atoms with Crippen molar-refractivity contribution in [1.29, 1.82) is 0 Å². The number of benzene rings is 1. The highest BCUT2D eigenvalue weighted by Gasteiger charge is 2.13. The lowest BCUT2D eigenvalue weighted by Crippen LogP contribution is -1.84. The van der Waals surface area contributed by atoms with Crippen molar-refractivity contribution in [3.63, 3.8) is 0 Å². The molecule has 0 radical (unpaired) electrons. The van der Waals surface area contributed by atoms with Crippen LogP contribution in [-0.2, 0) is 5.75 Å². The van der Waals surface area contributed by atoms with E-state index in [2.05, 4.69) is 48.2 Å². The maximum Gasteiger partial charge on any atom is 0.209 e. The maximum absolute atomic E-state index is 4.74. The van der Waals surface area contributed by atoms with Crippen LogP contribution in [0.1, 0.15) is 5.69 Å².